The topological polar surface area (TPSA) is 142 Å². The Balaban J connectivity index is 1.06. The molecule has 0 amide bonds. The third kappa shape index (κ3) is 12.2. The summed E-state index contributed by atoms with van der Waals surface area (Å²) in [7, 11) is 0. The third-order valence-corrected chi connectivity index (χ3v) is 11.8. The standard InChI is InChI=1S/C59H58O12/c1-37(2)55(60)68-35-49(70-57(62)39(5)6)33-64-25-27-66-47-23-19-41-29-45(21-17-43(41)31-47)59(53-15-11-9-13-51(53)52-14-10-12-16-54(52)59)46-22-18-44-32-48(24-20-42(44)30-46)67-28-26-65-34-50(71-58(63)40(7)8)36-69-56(61)38(3)4/h9-24,29-32,49-50H,1,3,5,7,25-28,33-36H2,2,4,6,8H3. The van der Waals surface area contributed by atoms with Crippen LogP contribution in [0, 0.1) is 0 Å². The molecule has 0 aromatic heterocycles. The number of hydrogen-bond acceptors (Lipinski definition) is 12. The van der Waals surface area contributed by atoms with Crippen LogP contribution in [0.2, 0.25) is 0 Å². The molecule has 0 fully saturated rings. The molecule has 6 aromatic rings. The van der Waals surface area contributed by atoms with Crippen molar-refractivity contribution in [2.75, 3.05) is 52.9 Å². The number of carbonyl (C=O) groups excluding carboxylic acids is 4. The minimum atomic E-state index is -0.830. The van der Waals surface area contributed by atoms with E-state index >= 15 is 0 Å². The van der Waals surface area contributed by atoms with Crippen LogP contribution in [0.3, 0.4) is 0 Å². The van der Waals surface area contributed by atoms with E-state index in [2.05, 4.69) is 123 Å². The van der Waals surface area contributed by atoms with Gasteiger partial charge in [0.25, 0.3) is 0 Å². The fraction of sp³-hybridized carbons (Fsp3) is 0.254. The van der Waals surface area contributed by atoms with Gasteiger partial charge >= 0.3 is 23.9 Å². The summed E-state index contributed by atoms with van der Waals surface area (Å²) in [4.78, 5) is 48.3. The first-order valence-corrected chi connectivity index (χ1v) is 23.2. The number of esters is 4. The van der Waals surface area contributed by atoms with Crippen molar-refractivity contribution in [2.45, 2.75) is 45.3 Å². The van der Waals surface area contributed by atoms with Crippen molar-refractivity contribution in [3.63, 3.8) is 0 Å². The first-order chi connectivity index (χ1) is 34.1. The Morgan fingerprint density at radius 3 is 1.20 bits per heavy atom. The molecule has 0 aliphatic heterocycles. The molecule has 366 valence electrons. The second-order valence-electron chi connectivity index (χ2n) is 17.5. The van der Waals surface area contributed by atoms with Crippen molar-refractivity contribution in [2.24, 2.45) is 0 Å². The van der Waals surface area contributed by atoms with Crippen LogP contribution in [0.25, 0.3) is 32.7 Å². The van der Waals surface area contributed by atoms with Crippen LogP contribution in [0.15, 0.2) is 170 Å². The lowest BCUT2D eigenvalue weighted by Gasteiger charge is -2.34. The van der Waals surface area contributed by atoms with Gasteiger partial charge in [-0.15, -0.1) is 0 Å². The highest BCUT2D eigenvalue weighted by molar-refractivity contribution is 5.93. The van der Waals surface area contributed by atoms with Crippen LogP contribution in [0.1, 0.15) is 49.9 Å². The molecule has 0 spiro atoms. The second-order valence-corrected chi connectivity index (χ2v) is 17.5. The van der Waals surface area contributed by atoms with Crippen LogP contribution in [-0.2, 0) is 53.0 Å². The molecule has 71 heavy (non-hydrogen) atoms. The van der Waals surface area contributed by atoms with Gasteiger partial charge in [0.05, 0.1) is 31.8 Å². The van der Waals surface area contributed by atoms with Gasteiger partial charge in [-0.3, -0.25) is 0 Å². The largest absolute Gasteiger partial charge is 0.491 e. The highest BCUT2D eigenvalue weighted by Crippen LogP contribution is 2.56. The molecule has 1 aliphatic rings. The lowest BCUT2D eigenvalue weighted by molar-refractivity contribution is -0.157. The fourth-order valence-electron chi connectivity index (χ4n) is 8.30. The lowest BCUT2D eigenvalue weighted by Crippen LogP contribution is -2.30. The summed E-state index contributed by atoms with van der Waals surface area (Å²) in [5.41, 5.74) is 7.24. The maximum absolute atomic E-state index is 12.2. The molecular weight excluding hydrogens is 901 g/mol. The molecular formula is C59H58O12. The van der Waals surface area contributed by atoms with Gasteiger partial charge < -0.3 is 37.9 Å². The summed E-state index contributed by atoms with van der Waals surface area (Å²) in [6, 6.07) is 42.4. The van der Waals surface area contributed by atoms with E-state index in [9.17, 15) is 19.2 Å². The zero-order valence-electron chi connectivity index (χ0n) is 40.6. The van der Waals surface area contributed by atoms with Gasteiger partial charge in [-0.2, -0.15) is 0 Å². The molecule has 2 atom stereocenters. The van der Waals surface area contributed by atoms with E-state index in [-0.39, 0.29) is 75.1 Å². The summed E-state index contributed by atoms with van der Waals surface area (Å²) in [6.45, 7) is 21.0. The zero-order chi connectivity index (χ0) is 50.7. The minimum absolute atomic E-state index is 0.00956. The smallest absolute Gasteiger partial charge is 0.333 e. The van der Waals surface area contributed by atoms with Gasteiger partial charge in [0.15, 0.2) is 12.2 Å². The molecule has 12 heteroatoms. The highest BCUT2D eigenvalue weighted by atomic mass is 16.6. The summed E-state index contributed by atoms with van der Waals surface area (Å²) >= 11 is 0. The number of carbonyl (C=O) groups is 4. The summed E-state index contributed by atoms with van der Waals surface area (Å²) in [5.74, 6) is -1.05. The first-order valence-electron chi connectivity index (χ1n) is 23.2. The predicted octanol–water partition coefficient (Wildman–Crippen LogP) is 10.4. The normalized spacial score (nSPS) is 13.0. The summed E-state index contributed by atoms with van der Waals surface area (Å²) < 4.78 is 44.9. The van der Waals surface area contributed by atoms with Crippen molar-refractivity contribution >= 4 is 45.4 Å². The summed E-state index contributed by atoms with van der Waals surface area (Å²) in [6.07, 6.45) is -1.66. The summed E-state index contributed by atoms with van der Waals surface area (Å²) in [5, 5.41) is 4.08. The van der Waals surface area contributed by atoms with Gasteiger partial charge in [-0.25, -0.2) is 19.2 Å². The molecule has 1 aliphatic carbocycles. The Kier molecular flexibility index (Phi) is 16.7. The van der Waals surface area contributed by atoms with E-state index in [0.717, 1.165) is 32.7 Å². The molecule has 7 rings (SSSR count). The van der Waals surface area contributed by atoms with E-state index in [1.54, 1.807) is 0 Å². The van der Waals surface area contributed by atoms with Gasteiger partial charge in [-0.05, 0) is 119 Å². The molecule has 2 unspecified atom stereocenters. The van der Waals surface area contributed by atoms with Crippen molar-refractivity contribution in [3.05, 3.63) is 192 Å². The predicted molar refractivity (Wildman–Crippen MR) is 272 cm³/mol. The van der Waals surface area contributed by atoms with Crippen molar-refractivity contribution in [1.82, 2.24) is 0 Å². The Labute approximate surface area is 414 Å². The van der Waals surface area contributed by atoms with Gasteiger partial charge in [0.2, 0.25) is 0 Å². The molecule has 0 heterocycles. The quantitative estimate of drug-likeness (QED) is 0.0246. The molecule has 12 nitrogen and oxygen atoms in total. The number of hydrogen-bond donors (Lipinski definition) is 0. The maximum atomic E-state index is 12.2. The van der Waals surface area contributed by atoms with E-state index in [1.807, 2.05) is 24.3 Å². The molecule has 0 radical (unpaired) electrons. The minimum Gasteiger partial charge on any atom is -0.491 e. The number of rotatable bonds is 24. The second kappa shape index (κ2) is 23.2. The van der Waals surface area contributed by atoms with Crippen LogP contribution < -0.4 is 9.47 Å². The molecule has 0 bridgehead atoms. The SMILES string of the molecule is C=C(C)C(=O)OCC(COCCOc1ccc2cc(C3(c4ccc5cc(OCCOCC(COC(=O)C(=C)C)OC(=O)C(=C)C)ccc5c4)c4ccccc4-c4ccccc43)ccc2c1)OC(=O)C(=C)C. The average molecular weight is 959 g/mol. The van der Waals surface area contributed by atoms with Crippen LogP contribution in [-0.4, -0.2) is 88.9 Å². The fourth-order valence-corrected chi connectivity index (χ4v) is 8.30. The Morgan fingerprint density at radius 1 is 0.437 bits per heavy atom. The Hall–Kier alpha value is -7.80. The number of benzene rings is 6. The maximum Gasteiger partial charge on any atom is 0.333 e. The van der Waals surface area contributed by atoms with E-state index < -0.39 is 41.5 Å². The van der Waals surface area contributed by atoms with Gasteiger partial charge in [-0.1, -0.05) is 111 Å². The number of ether oxygens (including phenoxy) is 8. The molecule has 0 N–H and O–H groups in total. The van der Waals surface area contributed by atoms with Crippen LogP contribution in [0.5, 0.6) is 11.5 Å². The van der Waals surface area contributed by atoms with Crippen molar-refractivity contribution < 1.29 is 57.1 Å². The zero-order valence-corrected chi connectivity index (χ0v) is 40.6. The van der Waals surface area contributed by atoms with Gasteiger partial charge in [0, 0.05) is 22.3 Å². The van der Waals surface area contributed by atoms with Crippen LogP contribution in [0.4, 0.5) is 0 Å². The first kappa shape index (κ1) is 51.1. The highest BCUT2D eigenvalue weighted by Gasteiger charge is 2.46. The molecule has 0 saturated carbocycles. The monoisotopic (exact) mass is 958 g/mol. The average Bonchev–Trinajstić information content (AvgIpc) is 3.66. The van der Waals surface area contributed by atoms with Gasteiger partial charge in [0.1, 0.15) is 37.9 Å². The Bertz CT molecular complexity index is 2820. The third-order valence-electron chi connectivity index (χ3n) is 11.8. The van der Waals surface area contributed by atoms with E-state index in [1.165, 1.54) is 49.9 Å². The number of fused-ring (bicyclic) bond motifs is 5. The molecule has 0 saturated heterocycles. The van der Waals surface area contributed by atoms with Crippen LogP contribution >= 0.6 is 0 Å². The van der Waals surface area contributed by atoms with E-state index in [4.69, 9.17) is 37.9 Å². The lowest BCUT2D eigenvalue weighted by atomic mass is 9.67. The van der Waals surface area contributed by atoms with Crippen molar-refractivity contribution in [1.29, 1.82) is 0 Å². The van der Waals surface area contributed by atoms with Crippen molar-refractivity contribution in [3.8, 4) is 22.6 Å². The molecule has 6 aromatic carbocycles. The Morgan fingerprint density at radius 2 is 0.803 bits per heavy atom. The van der Waals surface area contributed by atoms with E-state index in [0.29, 0.717) is 11.5 Å².